The maximum absolute atomic E-state index is 14.3. The molecule has 21 heavy (non-hydrogen) atoms. The van der Waals surface area contributed by atoms with Crippen LogP contribution in [0.25, 0.3) is 0 Å². The molecule has 1 heterocycles. The van der Waals surface area contributed by atoms with Gasteiger partial charge in [0.2, 0.25) is 0 Å². The Morgan fingerprint density at radius 3 is 2.33 bits per heavy atom. The summed E-state index contributed by atoms with van der Waals surface area (Å²) in [5, 5.41) is 0. The van der Waals surface area contributed by atoms with Crippen LogP contribution in [0.5, 0.6) is 0 Å². The second-order valence-electron chi connectivity index (χ2n) is 6.65. The third-order valence-corrected chi connectivity index (χ3v) is 3.91. The van der Waals surface area contributed by atoms with Crippen molar-refractivity contribution in [2.75, 3.05) is 37.6 Å². The summed E-state index contributed by atoms with van der Waals surface area (Å²) < 4.78 is 14.3. The quantitative estimate of drug-likeness (QED) is 0.905. The molecule has 1 aliphatic heterocycles. The Morgan fingerprint density at radius 1 is 1.14 bits per heavy atom. The fraction of sp³-hybridized carbons (Fsp3) is 0.647. The zero-order chi connectivity index (χ0) is 15.4. The summed E-state index contributed by atoms with van der Waals surface area (Å²) in [6.45, 7) is 11.4. The van der Waals surface area contributed by atoms with Gasteiger partial charge in [-0.3, -0.25) is 4.90 Å². The van der Waals surface area contributed by atoms with Gasteiger partial charge >= 0.3 is 0 Å². The van der Waals surface area contributed by atoms with Crippen LogP contribution in [0.1, 0.15) is 26.3 Å². The van der Waals surface area contributed by atoms with E-state index in [4.69, 9.17) is 5.73 Å². The van der Waals surface area contributed by atoms with E-state index in [2.05, 4.69) is 23.6 Å². The fourth-order valence-corrected chi connectivity index (χ4v) is 2.99. The van der Waals surface area contributed by atoms with E-state index < -0.39 is 0 Å². The smallest absolute Gasteiger partial charge is 0.146 e. The Morgan fingerprint density at radius 2 is 1.81 bits per heavy atom. The van der Waals surface area contributed by atoms with E-state index in [-0.39, 0.29) is 11.9 Å². The average Bonchev–Trinajstić information content (AvgIpc) is 2.39. The number of benzene rings is 1. The first-order valence-corrected chi connectivity index (χ1v) is 7.97. The molecule has 1 aromatic carbocycles. The van der Waals surface area contributed by atoms with E-state index >= 15 is 0 Å². The summed E-state index contributed by atoms with van der Waals surface area (Å²) >= 11 is 0. The predicted molar refractivity (Wildman–Crippen MR) is 87.2 cm³/mol. The highest BCUT2D eigenvalue weighted by atomic mass is 19.1. The van der Waals surface area contributed by atoms with Gasteiger partial charge in [-0.1, -0.05) is 19.9 Å². The molecule has 0 spiro atoms. The maximum atomic E-state index is 14.3. The van der Waals surface area contributed by atoms with Crippen molar-refractivity contribution in [2.45, 2.75) is 33.2 Å². The van der Waals surface area contributed by atoms with Gasteiger partial charge in [-0.05, 0) is 37.0 Å². The average molecular weight is 293 g/mol. The number of piperazine rings is 1. The second kappa shape index (κ2) is 7.23. The van der Waals surface area contributed by atoms with Gasteiger partial charge < -0.3 is 10.6 Å². The molecule has 0 amide bonds. The first kappa shape index (κ1) is 16.2. The standard InChI is InChI=1S/C17H28FN3/c1-13(2)12-20-6-8-21(9-7-20)17-5-4-15(10-14(3)19)11-16(17)18/h4-5,11,13-14H,6-10,12,19H2,1-3H3. The zero-order valence-electron chi connectivity index (χ0n) is 13.5. The minimum Gasteiger partial charge on any atom is -0.367 e. The van der Waals surface area contributed by atoms with Crippen molar-refractivity contribution in [1.82, 2.24) is 4.90 Å². The normalized spacial score (nSPS) is 18.3. The molecular formula is C17H28FN3. The second-order valence-corrected chi connectivity index (χ2v) is 6.65. The molecule has 1 fully saturated rings. The van der Waals surface area contributed by atoms with Crippen LogP contribution in [-0.4, -0.2) is 43.7 Å². The van der Waals surface area contributed by atoms with E-state index in [1.807, 2.05) is 19.1 Å². The molecule has 1 saturated heterocycles. The van der Waals surface area contributed by atoms with Crippen molar-refractivity contribution in [3.05, 3.63) is 29.6 Å². The highest BCUT2D eigenvalue weighted by molar-refractivity contribution is 5.49. The third-order valence-electron chi connectivity index (χ3n) is 3.91. The van der Waals surface area contributed by atoms with Crippen molar-refractivity contribution >= 4 is 5.69 Å². The summed E-state index contributed by atoms with van der Waals surface area (Å²) in [6.07, 6.45) is 0.722. The predicted octanol–water partition coefficient (Wildman–Crippen LogP) is 2.49. The van der Waals surface area contributed by atoms with Crippen LogP contribution in [0, 0.1) is 11.7 Å². The zero-order valence-corrected chi connectivity index (χ0v) is 13.5. The molecular weight excluding hydrogens is 265 g/mol. The molecule has 2 N–H and O–H groups in total. The lowest BCUT2D eigenvalue weighted by Gasteiger charge is -2.37. The number of hydrogen-bond acceptors (Lipinski definition) is 3. The number of nitrogens with two attached hydrogens (primary N) is 1. The van der Waals surface area contributed by atoms with Gasteiger partial charge in [0.05, 0.1) is 5.69 Å². The maximum Gasteiger partial charge on any atom is 0.146 e. The molecule has 3 nitrogen and oxygen atoms in total. The van der Waals surface area contributed by atoms with Crippen molar-refractivity contribution in [3.63, 3.8) is 0 Å². The van der Waals surface area contributed by atoms with Crippen molar-refractivity contribution in [2.24, 2.45) is 11.7 Å². The van der Waals surface area contributed by atoms with Crippen molar-refractivity contribution in [1.29, 1.82) is 0 Å². The Balaban J connectivity index is 1.97. The van der Waals surface area contributed by atoms with Gasteiger partial charge in [0.1, 0.15) is 5.82 Å². The first-order chi connectivity index (χ1) is 9.95. The van der Waals surface area contributed by atoms with Gasteiger partial charge in [-0.15, -0.1) is 0 Å². The summed E-state index contributed by atoms with van der Waals surface area (Å²) in [5.74, 6) is 0.566. The lowest BCUT2D eigenvalue weighted by atomic mass is 10.1. The molecule has 0 aliphatic carbocycles. The van der Waals surface area contributed by atoms with Crippen molar-refractivity contribution < 1.29 is 4.39 Å². The summed E-state index contributed by atoms with van der Waals surface area (Å²) in [7, 11) is 0. The lowest BCUT2D eigenvalue weighted by molar-refractivity contribution is 0.231. The first-order valence-electron chi connectivity index (χ1n) is 7.97. The number of hydrogen-bond donors (Lipinski definition) is 1. The van der Waals surface area contributed by atoms with Crippen LogP contribution in [0.2, 0.25) is 0 Å². The van der Waals surface area contributed by atoms with E-state index in [1.54, 1.807) is 6.07 Å². The Labute approximate surface area is 127 Å². The van der Waals surface area contributed by atoms with Gasteiger partial charge in [0.25, 0.3) is 0 Å². The highest BCUT2D eigenvalue weighted by Crippen LogP contribution is 2.22. The monoisotopic (exact) mass is 293 g/mol. The molecule has 118 valence electrons. The van der Waals surface area contributed by atoms with E-state index in [1.165, 1.54) is 0 Å². The van der Waals surface area contributed by atoms with Gasteiger partial charge in [0, 0.05) is 38.8 Å². The molecule has 0 saturated carbocycles. The van der Waals surface area contributed by atoms with E-state index in [0.717, 1.165) is 50.4 Å². The molecule has 2 rings (SSSR count). The summed E-state index contributed by atoms with van der Waals surface area (Å²) in [4.78, 5) is 4.62. The minimum atomic E-state index is -0.120. The molecule has 1 unspecified atom stereocenters. The molecule has 1 aliphatic rings. The minimum absolute atomic E-state index is 0.0647. The Bertz CT molecular complexity index is 451. The van der Waals surface area contributed by atoms with Crippen LogP contribution in [-0.2, 0) is 6.42 Å². The number of rotatable bonds is 5. The van der Waals surface area contributed by atoms with E-state index in [0.29, 0.717) is 5.92 Å². The van der Waals surface area contributed by atoms with Crippen LogP contribution >= 0.6 is 0 Å². The molecule has 0 bridgehead atoms. The largest absolute Gasteiger partial charge is 0.367 e. The molecule has 4 heteroatoms. The lowest BCUT2D eigenvalue weighted by Crippen LogP contribution is -2.47. The van der Waals surface area contributed by atoms with Crippen LogP contribution in [0.15, 0.2) is 18.2 Å². The SMILES string of the molecule is CC(C)CN1CCN(c2ccc(CC(C)N)cc2F)CC1. The van der Waals surface area contributed by atoms with Gasteiger partial charge in [-0.2, -0.15) is 0 Å². The van der Waals surface area contributed by atoms with Crippen LogP contribution in [0.3, 0.4) is 0 Å². The Hall–Kier alpha value is -1.13. The van der Waals surface area contributed by atoms with Crippen molar-refractivity contribution in [3.8, 4) is 0 Å². The van der Waals surface area contributed by atoms with E-state index in [9.17, 15) is 4.39 Å². The summed E-state index contributed by atoms with van der Waals surface area (Å²) in [6, 6.07) is 5.61. The number of nitrogens with zero attached hydrogens (tertiary/aromatic N) is 2. The fourth-order valence-electron chi connectivity index (χ4n) is 2.99. The van der Waals surface area contributed by atoms with Gasteiger partial charge in [-0.25, -0.2) is 4.39 Å². The Kier molecular flexibility index (Phi) is 5.59. The van der Waals surface area contributed by atoms with Crippen LogP contribution < -0.4 is 10.6 Å². The van der Waals surface area contributed by atoms with Crippen LogP contribution in [0.4, 0.5) is 10.1 Å². The molecule has 1 aromatic rings. The topological polar surface area (TPSA) is 32.5 Å². The highest BCUT2D eigenvalue weighted by Gasteiger charge is 2.20. The third kappa shape index (κ3) is 4.68. The molecule has 0 aromatic heterocycles. The number of halogens is 1. The molecule has 0 radical (unpaired) electrons. The summed E-state index contributed by atoms with van der Waals surface area (Å²) in [5.41, 5.74) is 7.48. The van der Waals surface area contributed by atoms with Gasteiger partial charge in [0.15, 0.2) is 0 Å². The number of anilines is 1. The molecule has 1 atom stereocenters.